The van der Waals surface area contributed by atoms with Crippen LogP contribution in [0.5, 0.6) is 0 Å². The number of nitrogens with one attached hydrogen (secondary N) is 1. The largest absolute Gasteiger partial charge is 0.375 e. The van der Waals surface area contributed by atoms with Crippen LogP contribution in [0, 0.1) is 5.82 Å². The topological polar surface area (TPSA) is 42.7 Å². The molecule has 0 fully saturated rings. The molecule has 2 rings (SSSR count). The molecule has 18 heavy (non-hydrogen) atoms. The van der Waals surface area contributed by atoms with E-state index in [-0.39, 0.29) is 5.82 Å². The molecule has 0 spiro atoms. The van der Waals surface area contributed by atoms with Gasteiger partial charge in [0.2, 0.25) is 0 Å². The van der Waals surface area contributed by atoms with Crippen LogP contribution in [0.2, 0.25) is 0 Å². The molecule has 6 heteroatoms. The molecular weight excluding hydrogens is 299 g/mol. The number of hydrogen-bond donors (Lipinski definition) is 1. The standard InChI is InChI=1S/C12H14BrFN4/c1-2-5-18-12(16-8-17-18)7-15-11-6-9(13)3-4-10(11)14/h3-4,6,8,15H,2,5,7H2,1H3. The van der Waals surface area contributed by atoms with Crippen LogP contribution in [0.4, 0.5) is 10.1 Å². The summed E-state index contributed by atoms with van der Waals surface area (Å²) < 4.78 is 16.2. The number of anilines is 1. The van der Waals surface area contributed by atoms with E-state index in [0.29, 0.717) is 12.2 Å². The summed E-state index contributed by atoms with van der Waals surface area (Å²) in [6.45, 7) is 3.35. The minimum Gasteiger partial charge on any atom is -0.375 e. The number of nitrogens with zero attached hydrogens (tertiary/aromatic N) is 3. The van der Waals surface area contributed by atoms with E-state index in [1.54, 1.807) is 12.1 Å². The minimum absolute atomic E-state index is 0.278. The van der Waals surface area contributed by atoms with Gasteiger partial charge in [0.15, 0.2) is 0 Å². The first-order valence-electron chi connectivity index (χ1n) is 5.76. The predicted octanol–water partition coefficient (Wildman–Crippen LogP) is 3.20. The van der Waals surface area contributed by atoms with Crippen molar-refractivity contribution in [3.05, 3.63) is 40.6 Å². The molecular formula is C12H14BrFN4. The van der Waals surface area contributed by atoms with E-state index in [0.717, 1.165) is 23.3 Å². The molecule has 0 aliphatic rings. The van der Waals surface area contributed by atoms with Crippen LogP contribution in [-0.2, 0) is 13.1 Å². The van der Waals surface area contributed by atoms with Gasteiger partial charge in [0.25, 0.3) is 0 Å². The van der Waals surface area contributed by atoms with Crippen molar-refractivity contribution in [3.63, 3.8) is 0 Å². The number of halogens is 2. The maximum atomic E-state index is 13.5. The maximum Gasteiger partial charge on any atom is 0.146 e. The first kappa shape index (κ1) is 13.0. The fourth-order valence-electron chi connectivity index (χ4n) is 1.63. The van der Waals surface area contributed by atoms with Gasteiger partial charge in [0.1, 0.15) is 18.0 Å². The van der Waals surface area contributed by atoms with Gasteiger partial charge in [-0.2, -0.15) is 5.10 Å². The van der Waals surface area contributed by atoms with Gasteiger partial charge in [-0.3, -0.25) is 0 Å². The molecule has 4 nitrogen and oxygen atoms in total. The van der Waals surface area contributed by atoms with Crippen molar-refractivity contribution in [2.45, 2.75) is 26.4 Å². The highest BCUT2D eigenvalue weighted by Crippen LogP contribution is 2.20. The Bertz CT molecular complexity index is 527. The average molecular weight is 313 g/mol. The van der Waals surface area contributed by atoms with E-state index in [2.05, 4.69) is 38.3 Å². The summed E-state index contributed by atoms with van der Waals surface area (Å²) in [4.78, 5) is 4.16. The Labute approximate surface area is 113 Å². The average Bonchev–Trinajstić information content (AvgIpc) is 2.78. The fraction of sp³-hybridized carbons (Fsp3) is 0.333. The van der Waals surface area contributed by atoms with E-state index >= 15 is 0 Å². The van der Waals surface area contributed by atoms with Crippen molar-refractivity contribution < 1.29 is 4.39 Å². The molecule has 0 bridgehead atoms. The number of aryl methyl sites for hydroxylation is 1. The van der Waals surface area contributed by atoms with Crippen molar-refractivity contribution in [3.8, 4) is 0 Å². The highest BCUT2D eigenvalue weighted by molar-refractivity contribution is 9.10. The van der Waals surface area contributed by atoms with Crippen LogP contribution in [0.15, 0.2) is 29.0 Å². The molecule has 1 aromatic carbocycles. The normalized spacial score (nSPS) is 10.6. The summed E-state index contributed by atoms with van der Waals surface area (Å²) in [6.07, 6.45) is 2.51. The van der Waals surface area contributed by atoms with Crippen LogP contribution in [-0.4, -0.2) is 14.8 Å². The van der Waals surface area contributed by atoms with Crippen molar-refractivity contribution >= 4 is 21.6 Å². The first-order chi connectivity index (χ1) is 8.70. The van der Waals surface area contributed by atoms with Crippen molar-refractivity contribution in [2.24, 2.45) is 0 Å². The molecule has 0 aliphatic carbocycles. The molecule has 1 aromatic heterocycles. The van der Waals surface area contributed by atoms with E-state index in [4.69, 9.17) is 0 Å². The number of hydrogen-bond acceptors (Lipinski definition) is 3. The Morgan fingerprint density at radius 1 is 1.44 bits per heavy atom. The van der Waals surface area contributed by atoms with Gasteiger partial charge in [-0.05, 0) is 24.6 Å². The maximum absolute atomic E-state index is 13.5. The molecule has 96 valence electrons. The van der Waals surface area contributed by atoms with Crippen LogP contribution in [0.3, 0.4) is 0 Å². The molecule has 0 amide bonds. The zero-order valence-corrected chi connectivity index (χ0v) is 11.6. The van der Waals surface area contributed by atoms with Crippen LogP contribution >= 0.6 is 15.9 Å². The smallest absolute Gasteiger partial charge is 0.146 e. The Hall–Kier alpha value is -1.43. The summed E-state index contributed by atoms with van der Waals surface area (Å²) in [7, 11) is 0. The lowest BCUT2D eigenvalue weighted by Gasteiger charge is -2.08. The zero-order chi connectivity index (χ0) is 13.0. The van der Waals surface area contributed by atoms with Crippen molar-refractivity contribution in [1.29, 1.82) is 0 Å². The summed E-state index contributed by atoms with van der Waals surface area (Å²) in [5, 5.41) is 7.15. The van der Waals surface area contributed by atoms with Gasteiger partial charge in [0.05, 0.1) is 12.2 Å². The van der Waals surface area contributed by atoms with Gasteiger partial charge >= 0.3 is 0 Å². The molecule has 0 saturated heterocycles. The molecule has 0 saturated carbocycles. The SMILES string of the molecule is CCCn1ncnc1CNc1cc(Br)ccc1F. The summed E-state index contributed by atoms with van der Waals surface area (Å²) in [6, 6.07) is 4.79. The van der Waals surface area contributed by atoms with Crippen LogP contribution < -0.4 is 5.32 Å². The molecule has 1 heterocycles. The molecule has 0 radical (unpaired) electrons. The molecule has 1 N–H and O–H groups in total. The third-order valence-electron chi connectivity index (χ3n) is 2.50. The van der Waals surface area contributed by atoms with Crippen LogP contribution in [0.1, 0.15) is 19.2 Å². The summed E-state index contributed by atoms with van der Waals surface area (Å²) in [5.41, 5.74) is 0.454. The number of rotatable bonds is 5. The quantitative estimate of drug-likeness (QED) is 0.922. The first-order valence-corrected chi connectivity index (χ1v) is 6.55. The van der Waals surface area contributed by atoms with E-state index < -0.39 is 0 Å². The number of benzene rings is 1. The number of aromatic nitrogens is 3. The minimum atomic E-state index is -0.278. The van der Waals surface area contributed by atoms with Gasteiger partial charge in [-0.25, -0.2) is 14.1 Å². The molecule has 0 atom stereocenters. The highest BCUT2D eigenvalue weighted by atomic mass is 79.9. The second-order valence-corrected chi connectivity index (χ2v) is 4.79. The van der Waals surface area contributed by atoms with E-state index in [1.165, 1.54) is 12.4 Å². The lowest BCUT2D eigenvalue weighted by molar-refractivity contribution is 0.572. The second kappa shape index (κ2) is 5.95. The van der Waals surface area contributed by atoms with Gasteiger partial charge < -0.3 is 5.32 Å². The van der Waals surface area contributed by atoms with Crippen LogP contribution in [0.25, 0.3) is 0 Å². The second-order valence-electron chi connectivity index (χ2n) is 3.88. The van der Waals surface area contributed by atoms with Gasteiger partial charge in [-0.1, -0.05) is 22.9 Å². The third kappa shape index (κ3) is 3.07. The molecule has 0 aliphatic heterocycles. The van der Waals surface area contributed by atoms with Crippen molar-refractivity contribution in [1.82, 2.24) is 14.8 Å². The monoisotopic (exact) mass is 312 g/mol. The summed E-state index contributed by atoms with van der Waals surface area (Å²) >= 11 is 3.31. The molecule has 2 aromatic rings. The highest BCUT2D eigenvalue weighted by Gasteiger charge is 2.06. The third-order valence-corrected chi connectivity index (χ3v) is 2.99. The van der Waals surface area contributed by atoms with Crippen molar-refractivity contribution in [2.75, 3.05) is 5.32 Å². The Kier molecular flexibility index (Phi) is 4.30. The molecule has 0 unspecified atom stereocenters. The zero-order valence-electron chi connectivity index (χ0n) is 10.0. The van der Waals surface area contributed by atoms with Gasteiger partial charge in [-0.15, -0.1) is 0 Å². The lowest BCUT2D eigenvalue weighted by atomic mass is 10.3. The van der Waals surface area contributed by atoms with Gasteiger partial charge in [0, 0.05) is 11.0 Å². The lowest BCUT2D eigenvalue weighted by Crippen LogP contribution is -2.10. The Balaban J connectivity index is 2.06. The Morgan fingerprint density at radius 3 is 3.06 bits per heavy atom. The van der Waals surface area contributed by atoms with E-state index in [1.807, 2.05) is 4.68 Å². The predicted molar refractivity (Wildman–Crippen MR) is 71.7 cm³/mol. The van der Waals surface area contributed by atoms with E-state index in [9.17, 15) is 4.39 Å². The summed E-state index contributed by atoms with van der Waals surface area (Å²) in [5.74, 6) is 0.524. The fourth-order valence-corrected chi connectivity index (χ4v) is 1.99. The Morgan fingerprint density at radius 2 is 2.28 bits per heavy atom.